The molecule has 2 fully saturated rings. The van der Waals surface area contributed by atoms with Crippen LogP contribution in [0.5, 0.6) is 0 Å². The summed E-state index contributed by atoms with van der Waals surface area (Å²) in [6, 6.07) is 0. The molecule has 3 atom stereocenters. The predicted octanol–water partition coefficient (Wildman–Crippen LogP) is 2.31. The third-order valence-electron chi connectivity index (χ3n) is 5.19. The quantitative estimate of drug-likeness (QED) is 0.582. The van der Waals surface area contributed by atoms with Gasteiger partial charge in [-0.2, -0.15) is 0 Å². The first-order chi connectivity index (χ1) is 8.69. The lowest BCUT2D eigenvalue weighted by Crippen LogP contribution is -2.40. The van der Waals surface area contributed by atoms with Crippen molar-refractivity contribution in [3.8, 4) is 0 Å². The highest BCUT2D eigenvalue weighted by atomic mass is 16.6. The second-order valence-corrected chi connectivity index (χ2v) is 6.57. The Bertz CT molecular complexity index is 567. The van der Waals surface area contributed by atoms with Crippen LogP contribution in [0, 0.1) is 17.3 Å². The molecule has 0 amide bonds. The summed E-state index contributed by atoms with van der Waals surface area (Å²) >= 11 is 0. The van der Waals surface area contributed by atoms with Crippen LogP contribution in [-0.2, 0) is 14.3 Å². The summed E-state index contributed by atoms with van der Waals surface area (Å²) in [6.45, 7) is 7.72. The Balaban J connectivity index is 2.17. The zero-order chi connectivity index (χ0) is 14.2. The molecule has 1 N–H and O–H groups in total. The van der Waals surface area contributed by atoms with Crippen LogP contribution in [0.1, 0.15) is 34.1 Å². The van der Waals surface area contributed by atoms with Gasteiger partial charge in [-0.25, -0.2) is 9.59 Å². The molecule has 19 heavy (non-hydrogen) atoms. The van der Waals surface area contributed by atoms with Gasteiger partial charge in [-0.05, 0) is 43.3 Å². The van der Waals surface area contributed by atoms with E-state index in [9.17, 15) is 9.59 Å². The van der Waals surface area contributed by atoms with Gasteiger partial charge < -0.3 is 9.84 Å². The van der Waals surface area contributed by atoms with E-state index in [1.807, 2.05) is 6.92 Å². The smallest absolute Gasteiger partial charge is 0.339 e. The van der Waals surface area contributed by atoms with E-state index in [0.717, 1.165) is 12.0 Å². The molecule has 1 aliphatic heterocycles. The van der Waals surface area contributed by atoms with Crippen molar-refractivity contribution >= 4 is 11.9 Å². The number of hydrogen-bond donors (Lipinski definition) is 1. The van der Waals surface area contributed by atoms with Gasteiger partial charge in [0.1, 0.15) is 5.60 Å². The normalized spacial score (nSPS) is 40.8. The summed E-state index contributed by atoms with van der Waals surface area (Å²) < 4.78 is 5.64. The molecule has 0 aromatic carbocycles. The average molecular weight is 262 g/mol. The Hall–Kier alpha value is -1.58. The van der Waals surface area contributed by atoms with Gasteiger partial charge in [0.15, 0.2) is 0 Å². The van der Waals surface area contributed by atoms with Crippen LogP contribution in [0.3, 0.4) is 0 Å². The topological polar surface area (TPSA) is 63.6 Å². The molecular formula is C15H18O4. The number of carboxylic acid groups (broad SMARTS) is 1. The molecule has 2 saturated carbocycles. The van der Waals surface area contributed by atoms with Crippen molar-refractivity contribution in [2.24, 2.45) is 17.3 Å². The van der Waals surface area contributed by atoms with Crippen LogP contribution in [0.25, 0.3) is 0 Å². The molecule has 3 rings (SSSR count). The first kappa shape index (κ1) is 12.5. The van der Waals surface area contributed by atoms with Crippen molar-refractivity contribution in [1.82, 2.24) is 0 Å². The summed E-state index contributed by atoms with van der Waals surface area (Å²) in [5.41, 5.74) is 0.749. The molecule has 0 radical (unpaired) electrons. The first-order valence-electron chi connectivity index (χ1n) is 6.59. The number of carbonyl (C=O) groups is 2. The Morgan fingerprint density at radius 1 is 1.37 bits per heavy atom. The highest BCUT2D eigenvalue weighted by molar-refractivity contribution is 6.02. The number of carbonyl (C=O) groups excluding carboxylic acids is 1. The van der Waals surface area contributed by atoms with Crippen molar-refractivity contribution in [2.45, 2.75) is 39.7 Å². The zero-order valence-electron chi connectivity index (χ0n) is 11.6. The van der Waals surface area contributed by atoms with E-state index >= 15 is 0 Å². The van der Waals surface area contributed by atoms with Gasteiger partial charge in [0.05, 0.1) is 5.57 Å². The van der Waals surface area contributed by atoms with E-state index in [1.54, 1.807) is 6.08 Å². The molecule has 0 bridgehead atoms. The molecule has 3 aliphatic rings. The third kappa shape index (κ3) is 1.40. The Morgan fingerprint density at radius 2 is 2.00 bits per heavy atom. The van der Waals surface area contributed by atoms with E-state index in [4.69, 9.17) is 9.84 Å². The molecule has 102 valence electrons. The molecule has 0 aromatic heterocycles. The number of rotatable bonds is 1. The second kappa shape index (κ2) is 3.30. The van der Waals surface area contributed by atoms with E-state index in [2.05, 4.69) is 13.8 Å². The number of esters is 1. The van der Waals surface area contributed by atoms with Crippen molar-refractivity contribution in [1.29, 1.82) is 0 Å². The van der Waals surface area contributed by atoms with Gasteiger partial charge >= 0.3 is 11.9 Å². The fourth-order valence-electron chi connectivity index (χ4n) is 3.93. The summed E-state index contributed by atoms with van der Waals surface area (Å²) in [5, 5.41) is 9.05. The first-order valence-corrected chi connectivity index (χ1v) is 6.59. The van der Waals surface area contributed by atoms with Crippen LogP contribution in [0.4, 0.5) is 0 Å². The number of aliphatic carboxylic acids is 1. The Labute approximate surface area is 112 Å². The van der Waals surface area contributed by atoms with E-state index in [1.165, 1.54) is 6.92 Å². The van der Waals surface area contributed by atoms with E-state index in [-0.39, 0.29) is 16.6 Å². The molecule has 4 nitrogen and oxygen atoms in total. The standard InChI is InChI=1S/C15H18O4/c1-7(12(16)17)8-5-11-14(2,3)9-6-10(9)15(11,4)19-13(8)18/h5,9-10H,6H2,1-4H3,(H,16,17)/b8-7-/t9-,10+,15+/m1/s1. The summed E-state index contributed by atoms with van der Waals surface area (Å²) in [7, 11) is 0. The lowest BCUT2D eigenvalue weighted by atomic mass is 9.75. The molecule has 1 heterocycles. The number of hydrogen-bond acceptors (Lipinski definition) is 3. The molecule has 0 aromatic rings. The van der Waals surface area contributed by atoms with Gasteiger partial charge in [-0.3, -0.25) is 0 Å². The molecule has 0 saturated heterocycles. The molecule has 2 aliphatic carbocycles. The fraction of sp³-hybridized carbons (Fsp3) is 0.600. The maximum atomic E-state index is 12.1. The summed E-state index contributed by atoms with van der Waals surface area (Å²) in [4.78, 5) is 23.1. The fourth-order valence-corrected chi connectivity index (χ4v) is 3.93. The van der Waals surface area contributed by atoms with Gasteiger partial charge in [-0.1, -0.05) is 13.8 Å². The lowest BCUT2D eigenvalue weighted by molar-refractivity contribution is -0.152. The predicted molar refractivity (Wildman–Crippen MR) is 68.3 cm³/mol. The van der Waals surface area contributed by atoms with Crippen LogP contribution >= 0.6 is 0 Å². The minimum atomic E-state index is -1.08. The average Bonchev–Trinajstić information content (AvgIpc) is 3.05. The van der Waals surface area contributed by atoms with E-state index in [0.29, 0.717) is 11.8 Å². The number of ether oxygens (including phenoxy) is 1. The minimum absolute atomic E-state index is 0.0237. The van der Waals surface area contributed by atoms with Gasteiger partial charge in [-0.15, -0.1) is 0 Å². The highest BCUT2D eigenvalue weighted by Gasteiger charge is 2.69. The number of fused-ring (bicyclic) bond motifs is 3. The second-order valence-electron chi connectivity index (χ2n) is 6.57. The highest BCUT2D eigenvalue weighted by Crippen LogP contribution is 2.70. The summed E-state index contributed by atoms with van der Waals surface area (Å²) in [5.74, 6) is -0.645. The SMILES string of the molecule is C/C(C(=O)O)=C1\C=C2C(C)(C)[C@@H]3C[C@@H]3[C@]2(C)OC1=O. The van der Waals surface area contributed by atoms with Crippen LogP contribution in [0.2, 0.25) is 0 Å². The minimum Gasteiger partial charge on any atom is -0.478 e. The monoisotopic (exact) mass is 262 g/mol. The van der Waals surface area contributed by atoms with Crippen LogP contribution < -0.4 is 0 Å². The van der Waals surface area contributed by atoms with E-state index < -0.39 is 17.5 Å². The maximum absolute atomic E-state index is 12.1. The molecule has 0 spiro atoms. The van der Waals surface area contributed by atoms with Gasteiger partial charge in [0, 0.05) is 11.5 Å². The largest absolute Gasteiger partial charge is 0.478 e. The summed E-state index contributed by atoms with van der Waals surface area (Å²) in [6.07, 6.45) is 2.85. The van der Waals surface area contributed by atoms with Crippen molar-refractivity contribution < 1.29 is 19.4 Å². The van der Waals surface area contributed by atoms with Crippen molar-refractivity contribution in [3.05, 3.63) is 22.8 Å². The number of carboxylic acids is 1. The Kier molecular flexibility index (Phi) is 2.16. The van der Waals surface area contributed by atoms with Gasteiger partial charge in [0.25, 0.3) is 0 Å². The lowest BCUT2D eigenvalue weighted by Gasteiger charge is -2.38. The molecule has 4 heteroatoms. The zero-order valence-corrected chi connectivity index (χ0v) is 11.6. The molecule has 0 unspecified atom stereocenters. The molecular weight excluding hydrogens is 244 g/mol. The van der Waals surface area contributed by atoms with Gasteiger partial charge in [0.2, 0.25) is 0 Å². The third-order valence-corrected chi connectivity index (χ3v) is 5.19. The Morgan fingerprint density at radius 3 is 2.58 bits per heavy atom. The van der Waals surface area contributed by atoms with Crippen LogP contribution in [0.15, 0.2) is 22.8 Å². The van der Waals surface area contributed by atoms with Crippen molar-refractivity contribution in [3.63, 3.8) is 0 Å². The maximum Gasteiger partial charge on any atom is 0.339 e. The van der Waals surface area contributed by atoms with Crippen molar-refractivity contribution in [2.75, 3.05) is 0 Å². The van der Waals surface area contributed by atoms with Crippen LogP contribution in [-0.4, -0.2) is 22.6 Å².